The molecule has 72 heavy (non-hydrogen) atoms. The Morgan fingerprint density at radius 1 is 0.431 bits per heavy atom. The molecule has 2 nitrogen and oxygen atoms in total. The van der Waals surface area contributed by atoms with Crippen molar-refractivity contribution in [3.63, 3.8) is 0 Å². The molecular weight excluding hydrogens is 888 g/mol. The van der Waals surface area contributed by atoms with Crippen molar-refractivity contribution in [2.24, 2.45) is 0 Å². The second-order valence-electron chi connectivity index (χ2n) is 27.0. The summed E-state index contributed by atoms with van der Waals surface area (Å²) < 4.78 is 2.68. The summed E-state index contributed by atoms with van der Waals surface area (Å²) in [6.07, 6.45) is 7.08. The molecule has 0 radical (unpaired) electrons. The predicted octanol–water partition coefficient (Wildman–Crippen LogP) is 18.1. The van der Waals surface area contributed by atoms with E-state index in [1.165, 1.54) is 165 Å². The van der Waals surface area contributed by atoms with Crippen LogP contribution in [0.4, 0.5) is 28.4 Å². The van der Waals surface area contributed by atoms with Gasteiger partial charge in [-0.2, -0.15) is 0 Å². The Morgan fingerprint density at radius 3 is 1.64 bits per heavy atom. The minimum absolute atomic E-state index is 0.0389. The zero-order valence-electron chi connectivity index (χ0n) is 45.6. The second kappa shape index (κ2) is 15.0. The summed E-state index contributed by atoms with van der Waals surface area (Å²) >= 11 is 1.94. The van der Waals surface area contributed by atoms with E-state index in [-0.39, 0.29) is 39.3 Å². The van der Waals surface area contributed by atoms with Crippen molar-refractivity contribution in [3.05, 3.63) is 160 Å². The maximum Gasteiger partial charge on any atom is 0.333 e. The molecule has 3 aliphatic carbocycles. The molecule has 0 saturated heterocycles. The van der Waals surface area contributed by atoms with Gasteiger partial charge < -0.3 is 9.71 Å². The first-order valence-electron chi connectivity index (χ1n) is 27.3. The number of hydrogen-bond donors (Lipinski definition) is 0. The van der Waals surface area contributed by atoms with Gasteiger partial charge in [0, 0.05) is 48.5 Å². The van der Waals surface area contributed by atoms with E-state index in [2.05, 4.69) is 222 Å². The molecule has 0 fully saturated rings. The first kappa shape index (κ1) is 46.2. The number of nitrogens with zero attached hydrogens (tertiary/aromatic N) is 2. The maximum absolute atomic E-state index is 2.84. The van der Waals surface area contributed by atoms with Gasteiger partial charge in [-0.05, 0) is 212 Å². The van der Waals surface area contributed by atoms with Gasteiger partial charge in [-0.1, -0.05) is 144 Å². The summed E-state index contributed by atoms with van der Waals surface area (Å²) in [5, 5.41) is 2.71. The Hall–Kier alpha value is -5.58. The van der Waals surface area contributed by atoms with Crippen LogP contribution in [-0.2, 0) is 32.5 Å². The second-order valence-corrected chi connectivity index (χ2v) is 28.1. The van der Waals surface area contributed by atoms with Crippen molar-refractivity contribution in [1.82, 2.24) is 0 Å². The fourth-order valence-electron chi connectivity index (χ4n) is 14.6. The zero-order chi connectivity index (χ0) is 50.4. The number of aryl methyl sites for hydroxylation is 2. The van der Waals surface area contributed by atoms with Crippen LogP contribution in [0.15, 0.2) is 115 Å². The van der Waals surface area contributed by atoms with Crippen LogP contribution in [0.2, 0.25) is 0 Å². The largest absolute Gasteiger partial charge is 0.376 e. The Bertz CT molecular complexity index is 3650. The van der Waals surface area contributed by atoms with E-state index < -0.39 is 0 Å². The molecule has 0 atom stereocenters. The average Bonchev–Trinajstić information content (AvgIpc) is 3.72. The summed E-state index contributed by atoms with van der Waals surface area (Å²) in [6, 6.07) is 46.8. The van der Waals surface area contributed by atoms with Crippen molar-refractivity contribution in [3.8, 4) is 22.3 Å². The van der Waals surface area contributed by atoms with Crippen LogP contribution in [0.1, 0.15) is 166 Å². The van der Waals surface area contributed by atoms with Gasteiger partial charge in [0.1, 0.15) is 0 Å². The summed E-state index contributed by atoms with van der Waals surface area (Å²) in [5.41, 5.74) is 26.7. The minimum atomic E-state index is -0.0911. The summed E-state index contributed by atoms with van der Waals surface area (Å²) in [6.45, 7) is 34.5. The smallest absolute Gasteiger partial charge is 0.333 e. The molecule has 7 aromatic carbocycles. The number of rotatable bonds is 3. The van der Waals surface area contributed by atoms with Crippen LogP contribution < -0.4 is 20.6 Å². The number of fused-ring (bicyclic) bond motifs is 11. The zero-order valence-corrected chi connectivity index (χ0v) is 46.4. The van der Waals surface area contributed by atoms with E-state index in [1.54, 1.807) is 0 Å². The summed E-state index contributed by atoms with van der Waals surface area (Å²) in [4.78, 5) is 5.63. The molecule has 3 heterocycles. The van der Waals surface area contributed by atoms with Crippen molar-refractivity contribution >= 4 is 77.7 Å². The fraction of sp³-hybridized carbons (Fsp3) is 0.382. The Balaban J connectivity index is 1.22. The lowest BCUT2D eigenvalue weighted by Gasteiger charge is -2.49. The number of anilines is 5. The highest BCUT2D eigenvalue weighted by Gasteiger charge is 2.50. The highest BCUT2D eigenvalue weighted by molar-refractivity contribution is 7.26. The van der Waals surface area contributed by atoms with Gasteiger partial charge >= 0.3 is 6.85 Å². The Kier molecular flexibility index (Phi) is 9.65. The molecule has 0 N–H and O–H groups in total. The van der Waals surface area contributed by atoms with E-state index in [0.29, 0.717) is 0 Å². The van der Waals surface area contributed by atoms with Crippen LogP contribution in [0.3, 0.4) is 0 Å². The van der Waals surface area contributed by atoms with Crippen LogP contribution in [0.5, 0.6) is 0 Å². The molecule has 5 aliphatic rings. The summed E-state index contributed by atoms with van der Waals surface area (Å²) in [7, 11) is 0. The van der Waals surface area contributed by atoms with Crippen molar-refractivity contribution in [2.75, 3.05) is 9.71 Å². The molecule has 0 spiro atoms. The molecule has 0 unspecified atom stereocenters. The molecule has 4 heteroatoms. The van der Waals surface area contributed by atoms with Gasteiger partial charge in [-0.15, -0.1) is 11.3 Å². The van der Waals surface area contributed by atoms with Crippen LogP contribution in [0, 0.1) is 13.8 Å². The number of thiophene rings is 1. The standard InChI is InChI=1S/C68H73BN2S/c1-40-19-15-16-20-44(40)42-34-47-46-37-51-53(68(13,14)32-30-66(51,9)10)39-56(46)71(43-23-24-48-50(36-43)65(7,8)28-27-63(48,3)4)69-54-25-26-59-60(45-21-17-18-22-58(45)72-59)62(54)70(57(35-42)61(47)69)55-38-52-49(33-41(55)2)64(5,6)29-31-67(52,11)12/h15-26,33-39H,27-32H2,1-14H3. The van der Waals surface area contributed by atoms with Gasteiger partial charge in [0.25, 0.3) is 0 Å². The minimum Gasteiger partial charge on any atom is -0.376 e. The Labute approximate surface area is 435 Å². The quantitative estimate of drug-likeness (QED) is 0.163. The highest BCUT2D eigenvalue weighted by Crippen LogP contribution is 2.57. The molecule has 2 aliphatic heterocycles. The lowest BCUT2D eigenvalue weighted by Crippen LogP contribution is -2.61. The van der Waals surface area contributed by atoms with Crippen molar-refractivity contribution in [1.29, 1.82) is 0 Å². The monoisotopic (exact) mass is 961 g/mol. The number of hydrogen-bond acceptors (Lipinski definition) is 3. The fourth-order valence-corrected chi connectivity index (χ4v) is 15.7. The summed E-state index contributed by atoms with van der Waals surface area (Å²) in [5.74, 6) is 0. The molecular formula is C68H73BN2S. The van der Waals surface area contributed by atoms with E-state index in [1.807, 2.05) is 11.3 Å². The van der Waals surface area contributed by atoms with Gasteiger partial charge in [0.05, 0.1) is 5.69 Å². The first-order chi connectivity index (χ1) is 34.0. The molecule has 0 saturated carbocycles. The van der Waals surface area contributed by atoms with Gasteiger partial charge in [-0.25, -0.2) is 0 Å². The Morgan fingerprint density at radius 2 is 0.986 bits per heavy atom. The average molecular weight is 961 g/mol. The molecule has 364 valence electrons. The van der Waals surface area contributed by atoms with Gasteiger partial charge in [0.15, 0.2) is 0 Å². The topological polar surface area (TPSA) is 6.48 Å². The van der Waals surface area contributed by atoms with E-state index in [9.17, 15) is 0 Å². The normalized spacial score (nSPS) is 20.1. The SMILES string of the molecule is Cc1ccccc1-c1cc2c3c(c1)N(c1cc4c(cc1C)C(C)(C)CCC4(C)C)c1c(ccc4sc5ccccc5c14)B3N(c1ccc3c(c1)C(C)(C)CCC3(C)C)c1cc3c(cc1-2)C(C)(C)CCC3(C)C. The van der Waals surface area contributed by atoms with E-state index in [0.717, 1.165) is 0 Å². The third-order valence-electron chi connectivity index (χ3n) is 19.5. The first-order valence-corrected chi connectivity index (χ1v) is 28.1. The van der Waals surface area contributed by atoms with Gasteiger partial charge in [-0.3, -0.25) is 0 Å². The third kappa shape index (κ3) is 6.52. The van der Waals surface area contributed by atoms with Crippen LogP contribution in [0.25, 0.3) is 42.4 Å². The number of benzene rings is 7. The maximum atomic E-state index is 2.84. The lowest BCUT2D eigenvalue weighted by molar-refractivity contribution is 0.332. The predicted molar refractivity (Wildman–Crippen MR) is 314 cm³/mol. The molecule has 0 bridgehead atoms. The highest BCUT2D eigenvalue weighted by atomic mass is 32.1. The van der Waals surface area contributed by atoms with Crippen molar-refractivity contribution < 1.29 is 0 Å². The lowest BCUT2D eigenvalue weighted by atomic mass is 9.43. The van der Waals surface area contributed by atoms with E-state index >= 15 is 0 Å². The van der Waals surface area contributed by atoms with Gasteiger partial charge in [0.2, 0.25) is 0 Å². The molecule has 0 amide bonds. The third-order valence-corrected chi connectivity index (χ3v) is 20.6. The molecule has 1 aromatic heterocycles. The van der Waals surface area contributed by atoms with Crippen molar-refractivity contribution in [2.45, 2.75) is 168 Å². The van der Waals surface area contributed by atoms with Crippen LogP contribution >= 0.6 is 11.3 Å². The molecule has 13 rings (SSSR count). The molecule has 8 aromatic rings. The van der Waals surface area contributed by atoms with Crippen LogP contribution in [-0.4, -0.2) is 6.85 Å². The van der Waals surface area contributed by atoms with E-state index in [4.69, 9.17) is 0 Å².